The van der Waals surface area contributed by atoms with Crippen molar-refractivity contribution in [3.8, 4) is 0 Å². The lowest BCUT2D eigenvalue weighted by molar-refractivity contribution is 0.00781. The average molecular weight is 182 g/mol. The van der Waals surface area contributed by atoms with Gasteiger partial charge in [0, 0.05) is 18.3 Å². The summed E-state index contributed by atoms with van der Waals surface area (Å²) in [5.41, 5.74) is 1.10. The molecule has 1 aliphatic carbocycles. The Morgan fingerprint density at radius 1 is 1.23 bits per heavy atom. The molecule has 0 heterocycles. The predicted molar refractivity (Wildman–Crippen MR) is 53.2 cm³/mol. The van der Waals surface area contributed by atoms with E-state index in [-0.39, 0.29) is 11.8 Å². The van der Waals surface area contributed by atoms with Crippen molar-refractivity contribution in [2.45, 2.75) is 32.5 Å². The Morgan fingerprint density at radius 2 is 1.69 bits per heavy atom. The average Bonchev–Trinajstić information content (AvgIpc) is 2.09. The number of allylic oxidation sites excluding steroid dienone is 2. The standard InChI is InChI=1S/C11H18O2/c1-4-5-9-7(2)10(12)6-11(13)8(9)3/h4-5,7-8,10-13H,1,6H2,2-3H3. The van der Waals surface area contributed by atoms with Crippen LogP contribution >= 0.6 is 0 Å². The Balaban J connectivity index is 2.88. The lowest BCUT2D eigenvalue weighted by atomic mass is 9.75. The molecule has 0 aromatic carbocycles. The third-order valence-corrected chi connectivity index (χ3v) is 3.00. The first-order valence-corrected chi connectivity index (χ1v) is 4.76. The van der Waals surface area contributed by atoms with Crippen LogP contribution in [0.25, 0.3) is 0 Å². The van der Waals surface area contributed by atoms with Crippen molar-refractivity contribution >= 4 is 0 Å². The van der Waals surface area contributed by atoms with Gasteiger partial charge < -0.3 is 10.2 Å². The van der Waals surface area contributed by atoms with E-state index in [0.717, 1.165) is 5.57 Å². The van der Waals surface area contributed by atoms with Crippen LogP contribution in [-0.4, -0.2) is 22.4 Å². The minimum Gasteiger partial charge on any atom is -0.392 e. The summed E-state index contributed by atoms with van der Waals surface area (Å²) in [5, 5.41) is 19.3. The van der Waals surface area contributed by atoms with Gasteiger partial charge in [0.25, 0.3) is 0 Å². The van der Waals surface area contributed by atoms with Crippen LogP contribution in [0, 0.1) is 11.8 Å². The maximum absolute atomic E-state index is 9.63. The Bertz CT molecular complexity index is 204. The van der Waals surface area contributed by atoms with Crippen LogP contribution in [0.2, 0.25) is 0 Å². The van der Waals surface area contributed by atoms with Gasteiger partial charge in [-0.15, -0.1) is 0 Å². The molecule has 13 heavy (non-hydrogen) atoms. The van der Waals surface area contributed by atoms with E-state index in [1.807, 2.05) is 19.9 Å². The Morgan fingerprint density at radius 3 is 2.08 bits per heavy atom. The summed E-state index contributed by atoms with van der Waals surface area (Å²) in [6, 6.07) is 0. The van der Waals surface area contributed by atoms with Crippen molar-refractivity contribution in [3.63, 3.8) is 0 Å². The van der Waals surface area contributed by atoms with Crippen molar-refractivity contribution in [2.24, 2.45) is 11.8 Å². The lowest BCUT2D eigenvalue weighted by Gasteiger charge is -2.36. The fraction of sp³-hybridized carbons (Fsp3) is 0.636. The molecule has 0 aliphatic heterocycles. The zero-order valence-corrected chi connectivity index (χ0v) is 8.27. The molecule has 2 heteroatoms. The number of hydrogen-bond acceptors (Lipinski definition) is 2. The molecule has 0 radical (unpaired) electrons. The zero-order valence-electron chi connectivity index (χ0n) is 8.27. The first-order chi connectivity index (χ1) is 6.07. The van der Waals surface area contributed by atoms with Gasteiger partial charge in [0.1, 0.15) is 0 Å². The second-order valence-corrected chi connectivity index (χ2v) is 3.85. The lowest BCUT2D eigenvalue weighted by Crippen LogP contribution is -2.38. The second kappa shape index (κ2) is 4.07. The Labute approximate surface area is 79.6 Å². The first-order valence-electron chi connectivity index (χ1n) is 4.76. The Hall–Kier alpha value is -0.600. The molecule has 0 saturated heterocycles. The summed E-state index contributed by atoms with van der Waals surface area (Å²) >= 11 is 0. The molecule has 4 atom stereocenters. The number of rotatable bonds is 1. The van der Waals surface area contributed by atoms with E-state index in [1.165, 1.54) is 0 Å². The van der Waals surface area contributed by atoms with Crippen molar-refractivity contribution in [2.75, 3.05) is 0 Å². The smallest absolute Gasteiger partial charge is 0.0627 e. The molecular weight excluding hydrogens is 164 g/mol. The van der Waals surface area contributed by atoms with Gasteiger partial charge in [-0.25, -0.2) is 0 Å². The van der Waals surface area contributed by atoms with E-state index in [9.17, 15) is 10.2 Å². The molecule has 0 amide bonds. The third kappa shape index (κ3) is 2.01. The van der Waals surface area contributed by atoms with E-state index in [0.29, 0.717) is 6.42 Å². The summed E-state index contributed by atoms with van der Waals surface area (Å²) < 4.78 is 0. The molecule has 1 rings (SSSR count). The molecule has 1 aliphatic rings. The van der Waals surface area contributed by atoms with Gasteiger partial charge in [-0.1, -0.05) is 38.2 Å². The van der Waals surface area contributed by atoms with E-state index in [1.54, 1.807) is 6.08 Å². The summed E-state index contributed by atoms with van der Waals surface area (Å²) in [4.78, 5) is 0. The topological polar surface area (TPSA) is 40.5 Å². The van der Waals surface area contributed by atoms with Gasteiger partial charge in [0.15, 0.2) is 0 Å². The maximum Gasteiger partial charge on any atom is 0.0627 e. The van der Waals surface area contributed by atoms with Gasteiger partial charge >= 0.3 is 0 Å². The maximum atomic E-state index is 9.63. The van der Waals surface area contributed by atoms with Crippen LogP contribution in [0.5, 0.6) is 0 Å². The van der Waals surface area contributed by atoms with Gasteiger partial charge in [-0.05, 0) is 0 Å². The molecule has 0 bridgehead atoms. The quantitative estimate of drug-likeness (QED) is 0.645. The largest absolute Gasteiger partial charge is 0.392 e. The third-order valence-electron chi connectivity index (χ3n) is 3.00. The van der Waals surface area contributed by atoms with E-state index < -0.39 is 12.2 Å². The highest BCUT2D eigenvalue weighted by Crippen LogP contribution is 2.34. The molecule has 2 N–H and O–H groups in total. The number of hydrogen-bond donors (Lipinski definition) is 2. The molecular formula is C11H18O2. The van der Waals surface area contributed by atoms with E-state index in [2.05, 4.69) is 6.58 Å². The summed E-state index contributed by atoms with van der Waals surface area (Å²) in [5.74, 6) is 0.271. The van der Waals surface area contributed by atoms with Gasteiger partial charge in [0.2, 0.25) is 0 Å². The van der Waals surface area contributed by atoms with E-state index in [4.69, 9.17) is 0 Å². The molecule has 2 nitrogen and oxygen atoms in total. The van der Waals surface area contributed by atoms with Crippen LogP contribution in [0.3, 0.4) is 0 Å². The van der Waals surface area contributed by atoms with Crippen LogP contribution in [-0.2, 0) is 0 Å². The predicted octanol–water partition coefficient (Wildman–Crippen LogP) is 1.50. The minimum absolute atomic E-state index is 0.136. The van der Waals surface area contributed by atoms with Crippen molar-refractivity contribution in [1.82, 2.24) is 0 Å². The molecule has 1 saturated carbocycles. The van der Waals surface area contributed by atoms with Crippen LogP contribution in [0.1, 0.15) is 20.3 Å². The summed E-state index contributed by atoms with van der Waals surface area (Å²) in [6.45, 7) is 7.61. The minimum atomic E-state index is -0.419. The fourth-order valence-corrected chi connectivity index (χ4v) is 1.95. The van der Waals surface area contributed by atoms with Crippen LogP contribution in [0.4, 0.5) is 0 Å². The Kier molecular flexibility index (Phi) is 3.28. The summed E-state index contributed by atoms with van der Waals surface area (Å²) in [6.07, 6.45) is 3.26. The SMILES string of the molecule is C=CC=C1C(C)C(O)CC(O)C1C. The fourth-order valence-electron chi connectivity index (χ4n) is 1.95. The molecule has 74 valence electrons. The molecule has 1 fully saturated rings. The normalized spacial score (nSPS) is 40.2. The zero-order chi connectivity index (χ0) is 10.0. The molecule has 0 aromatic heterocycles. The molecule has 4 unspecified atom stereocenters. The van der Waals surface area contributed by atoms with Crippen LogP contribution in [0.15, 0.2) is 24.3 Å². The van der Waals surface area contributed by atoms with Gasteiger partial charge in [0.05, 0.1) is 12.2 Å². The second-order valence-electron chi connectivity index (χ2n) is 3.85. The highest BCUT2D eigenvalue weighted by molar-refractivity contribution is 5.20. The summed E-state index contributed by atoms with van der Waals surface area (Å²) in [7, 11) is 0. The van der Waals surface area contributed by atoms with Crippen molar-refractivity contribution < 1.29 is 10.2 Å². The monoisotopic (exact) mass is 182 g/mol. The highest BCUT2D eigenvalue weighted by atomic mass is 16.3. The van der Waals surface area contributed by atoms with Crippen molar-refractivity contribution in [1.29, 1.82) is 0 Å². The van der Waals surface area contributed by atoms with Crippen molar-refractivity contribution in [3.05, 3.63) is 24.3 Å². The van der Waals surface area contributed by atoms with Gasteiger partial charge in [-0.3, -0.25) is 0 Å². The number of aliphatic hydroxyl groups excluding tert-OH is 2. The molecule has 0 aromatic rings. The molecule has 0 spiro atoms. The number of aliphatic hydroxyl groups is 2. The van der Waals surface area contributed by atoms with E-state index >= 15 is 0 Å². The van der Waals surface area contributed by atoms with Gasteiger partial charge in [-0.2, -0.15) is 0 Å². The highest BCUT2D eigenvalue weighted by Gasteiger charge is 2.33. The van der Waals surface area contributed by atoms with Crippen LogP contribution < -0.4 is 0 Å². The first kappa shape index (κ1) is 10.5.